The number of hydrogen-bond donors (Lipinski definition) is 1. The predicted octanol–water partition coefficient (Wildman–Crippen LogP) is 5.35. The molecule has 0 aliphatic heterocycles. The maximum Gasteiger partial charge on any atom is 0.335 e. The van der Waals surface area contributed by atoms with E-state index in [0.717, 1.165) is 0 Å². The minimum absolute atomic E-state index is 0.163. The van der Waals surface area contributed by atoms with Gasteiger partial charge in [-0.05, 0) is 59.1 Å². The number of carbonyl (C=O) groups is 2. The monoisotopic (exact) mass is 368 g/mol. The van der Waals surface area contributed by atoms with Crippen LogP contribution in [0.3, 0.4) is 0 Å². The van der Waals surface area contributed by atoms with Gasteiger partial charge in [0.1, 0.15) is 5.75 Å². The maximum atomic E-state index is 10.5. The van der Waals surface area contributed by atoms with E-state index in [1.807, 2.05) is 0 Å². The van der Waals surface area contributed by atoms with Crippen LogP contribution < -0.4 is 4.74 Å². The number of carboxylic acid groups (broad SMARTS) is 1. The summed E-state index contributed by atoms with van der Waals surface area (Å²) >= 11 is 0. The zero-order valence-corrected chi connectivity index (χ0v) is 16.7. The topological polar surface area (TPSA) is 63.6 Å². The molecule has 0 unspecified atom stereocenters. The molecule has 0 heterocycles. The molecule has 0 spiro atoms. The fourth-order valence-electron chi connectivity index (χ4n) is 3.39. The molecule has 0 radical (unpaired) electrons. The van der Waals surface area contributed by atoms with Crippen LogP contribution in [-0.4, -0.2) is 17.0 Å². The molecule has 0 aromatic heterocycles. The molecule has 3 rings (SSSR count). The molecule has 2 aromatic carbocycles. The largest absolute Gasteiger partial charge is 0.478 e. The normalized spacial score (nSPS) is 16.3. The Morgan fingerprint density at radius 2 is 1.30 bits per heavy atom. The number of benzene rings is 2. The second-order valence-electron chi connectivity index (χ2n) is 8.24. The Morgan fingerprint density at radius 1 is 0.852 bits per heavy atom. The molecule has 2 aromatic rings. The number of aromatic carboxylic acids is 1. The summed E-state index contributed by atoms with van der Waals surface area (Å²) in [4.78, 5) is 20.9. The summed E-state index contributed by atoms with van der Waals surface area (Å²) in [6, 6.07) is 14.6. The molecule has 4 heteroatoms. The van der Waals surface area contributed by atoms with Crippen molar-refractivity contribution in [1.82, 2.24) is 0 Å². The van der Waals surface area contributed by atoms with Gasteiger partial charge in [-0.2, -0.15) is 0 Å². The van der Waals surface area contributed by atoms with E-state index in [0.29, 0.717) is 16.6 Å². The maximum absolute atomic E-state index is 10.5. The standard InChI is InChI=1S/C14H20.C9H8O4/c1-13(2)9-10-14(3,4)12-8-6-5-7-11(12)13;1-6(10)13-8-4-2-7(3-5-8)9(11)12/h5-8H,9-10H2,1-4H3;2-5H,1H3,(H,11,12). The molecule has 144 valence electrons. The molecule has 4 nitrogen and oxygen atoms in total. The fraction of sp³-hybridized carbons (Fsp3) is 0.391. The second-order valence-corrected chi connectivity index (χ2v) is 8.24. The van der Waals surface area contributed by atoms with Crippen molar-refractivity contribution in [2.45, 2.75) is 58.3 Å². The van der Waals surface area contributed by atoms with E-state index < -0.39 is 11.9 Å². The van der Waals surface area contributed by atoms with E-state index in [4.69, 9.17) is 9.84 Å². The number of hydrogen-bond acceptors (Lipinski definition) is 3. The molecule has 27 heavy (non-hydrogen) atoms. The number of esters is 1. The lowest BCUT2D eigenvalue weighted by Crippen LogP contribution is -2.33. The Labute approximate surface area is 161 Å². The molecular formula is C23H28O4. The Balaban J connectivity index is 0.000000194. The molecule has 1 aliphatic carbocycles. The highest BCUT2D eigenvalue weighted by Crippen LogP contribution is 2.45. The zero-order chi connectivity index (χ0) is 20.2. The van der Waals surface area contributed by atoms with Gasteiger partial charge in [-0.1, -0.05) is 52.0 Å². The highest BCUT2D eigenvalue weighted by Gasteiger charge is 2.36. The van der Waals surface area contributed by atoms with Crippen LogP contribution in [0.4, 0.5) is 0 Å². The lowest BCUT2D eigenvalue weighted by atomic mass is 9.63. The van der Waals surface area contributed by atoms with Crippen molar-refractivity contribution in [2.75, 3.05) is 0 Å². The van der Waals surface area contributed by atoms with Crippen LogP contribution in [0.5, 0.6) is 5.75 Å². The number of carboxylic acids is 1. The van der Waals surface area contributed by atoms with Crippen molar-refractivity contribution in [3.05, 3.63) is 65.2 Å². The summed E-state index contributed by atoms with van der Waals surface area (Å²) in [6.45, 7) is 10.7. The van der Waals surface area contributed by atoms with E-state index in [2.05, 4.69) is 52.0 Å². The van der Waals surface area contributed by atoms with Crippen LogP contribution in [-0.2, 0) is 15.6 Å². The average Bonchev–Trinajstić information content (AvgIpc) is 2.60. The molecule has 0 saturated carbocycles. The van der Waals surface area contributed by atoms with Gasteiger partial charge in [-0.25, -0.2) is 4.79 Å². The van der Waals surface area contributed by atoms with E-state index in [-0.39, 0.29) is 5.56 Å². The van der Waals surface area contributed by atoms with Gasteiger partial charge in [0.2, 0.25) is 0 Å². The summed E-state index contributed by atoms with van der Waals surface area (Å²) in [5.41, 5.74) is 4.00. The molecule has 0 saturated heterocycles. The fourth-order valence-corrected chi connectivity index (χ4v) is 3.39. The first-order valence-corrected chi connectivity index (χ1v) is 9.15. The number of ether oxygens (including phenoxy) is 1. The lowest BCUT2D eigenvalue weighted by Gasteiger charge is -2.41. The SMILES string of the molecule is CC(=O)Oc1ccc(C(=O)O)cc1.CC1(C)CCC(C)(C)c2ccccc21. The summed E-state index contributed by atoms with van der Waals surface area (Å²) in [7, 11) is 0. The van der Waals surface area contributed by atoms with Crippen molar-refractivity contribution in [3.63, 3.8) is 0 Å². The Morgan fingerprint density at radius 3 is 1.67 bits per heavy atom. The number of carbonyl (C=O) groups excluding carboxylic acids is 1. The molecule has 0 bridgehead atoms. The summed E-state index contributed by atoms with van der Waals surface area (Å²) in [5, 5.41) is 8.55. The number of fused-ring (bicyclic) bond motifs is 1. The van der Waals surface area contributed by atoms with Gasteiger partial charge in [0.15, 0.2) is 0 Å². The summed E-state index contributed by atoms with van der Waals surface area (Å²) < 4.78 is 4.72. The first-order chi connectivity index (χ1) is 12.5. The molecular weight excluding hydrogens is 340 g/mol. The van der Waals surface area contributed by atoms with Gasteiger partial charge in [0.25, 0.3) is 0 Å². The summed E-state index contributed by atoms with van der Waals surface area (Å²) in [5.74, 6) is -1.09. The third kappa shape index (κ3) is 5.19. The van der Waals surface area contributed by atoms with Crippen LogP contribution >= 0.6 is 0 Å². The minimum Gasteiger partial charge on any atom is -0.478 e. The highest BCUT2D eigenvalue weighted by molar-refractivity contribution is 5.87. The molecule has 1 N–H and O–H groups in total. The molecule has 1 aliphatic rings. The van der Waals surface area contributed by atoms with Gasteiger partial charge in [-0.15, -0.1) is 0 Å². The van der Waals surface area contributed by atoms with Crippen molar-refractivity contribution < 1.29 is 19.4 Å². The van der Waals surface area contributed by atoms with Crippen LogP contribution in [0.1, 0.15) is 68.9 Å². The zero-order valence-electron chi connectivity index (χ0n) is 16.7. The van der Waals surface area contributed by atoms with Crippen LogP contribution in [0.2, 0.25) is 0 Å². The van der Waals surface area contributed by atoms with Gasteiger partial charge in [-0.3, -0.25) is 4.79 Å². The minimum atomic E-state index is -1.01. The first kappa shape index (κ1) is 20.7. The highest BCUT2D eigenvalue weighted by atomic mass is 16.5. The smallest absolute Gasteiger partial charge is 0.335 e. The van der Waals surface area contributed by atoms with Gasteiger partial charge in [0, 0.05) is 6.92 Å². The molecule has 0 amide bonds. The Bertz CT molecular complexity index is 782. The van der Waals surface area contributed by atoms with E-state index in [9.17, 15) is 9.59 Å². The van der Waals surface area contributed by atoms with Crippen LogP contribution in [0, 0.1) is 0 Å². The van der Waals surface area contributed by atoms with Gasteiger partial charge < -0.3 is 9.84 Å². The molecule has 0 atom stereocenters. The number of rotatable bonds is 2. The van der Waals surface area contributed by atoms with Gasteiger partial charge in [0.05, 0.1) is 5.56 Å². The third-order valence-electron chi connectivity index (χ3n) is 5.12. The predicted molar refractivity (Wildman–Crippen MR) is 106 cm³/mol. The Kier molecular flexibility index (Phi) is 6.09. The van der Waals surface area contributed by atoms with E-state index in [1.54, 1.807) is 11.1 Å². The quantitative estimate of drug-likeness (QED) is 0.573. The van der Waals surface area contributed by atoms with Gasteiger partial charge >= 0.3 is 11.9 Å². The van der Waals surface area contributed by atoms with Crippen molar-refractivity contribution in [3.8, 4) is 5.75 Å². The third-order valence-corrected chi connectivity index (χ3v) is 5.12. The van der Waals surface area contributed by atoms with E-state index in [1.165, 1.54) is 44.0 Å². The van der Waals surface area contributed by atoms with E-state index >= 15 is 0 Å². The molecule has 0 fully saturated rings. The Hall–Kier alpha value is -2.62. The van der Waals surface area contributed by atoms with Crippen LogP contribution in [0.15, 0.2) is 48.5 Å². The first-order valence-electron chi connectivity index (χ1n) is 9.15. The van der Waals surface area contributed by atoms with Crippen molar-refractivity contribution >= 4 is 11.9 Å². The van der Waals surface area contributed by atoms with Crippen molar-refractivity contribution in [2.24, 2.45) is 0 Å². The summed E-state index contributed by atoms with van der Waals surface area (Å²) in [6.07, 6.45) is 2.61. The lowest BCUT2D eigenvalue weighted by molar-refractivity contribution is -0.131. The van der Waals surface area contributed by atoms with Crippen LogP contribution in [0.25, 0.3) is 0 Å². The van der Waals surface area contributed by atoms with Crippen molar-refractivity contribution in [1.29, 1.82) is 0 Å². The second kappa shape index (κ2) is 7.95. The average molecular weight is 368 g/mol.